The van der Waals surface area contributed by atoms with Gasteiger partial charge in [-0.1, -0.05) is 80.9 Å². The fourth-order valence-electron chi connectivity index (χ4n) is 4.70. The van der Waals surface area contributed by atoms with Crippen molar-refractivity contribution in [2.24, 2.45) is 5.92 Å². The van der Waals surface area contributed by atoms with Crippen molar-refractivity contribution >= 4 is 0 Å². The van der Waals surface area contributed by atoms with Gasteiger partial charge in [-0.2, -0.15) is 5.10 Å². The molecule has 0 aliphatic heterocycles. The maximum atomic E-state index is 11.0. The highest BCUT2D eigenvalue weighted by atomic mass is 16.3. The van der Waals surface area contributed by atoms with Gasteiger partial charge in [0.05, 0.1) is 24.0 Å². The van der Waals surface area contributed by atoms with Gasteiger partial charge in [-0.25, -0.2) is 0 Å². The van der Waals surface area contributed by atoms with E-state index in [1.165, 1.54) is 40.9 Å². The van der Waals surface area contributed by atoms with E-state index in [4.69, 9.17) is 5.10 Å². The van der Waals surface area contributed by atoms with E-state index in [-0.39, 0.29) is 0 Å². The van der Waals surface area contributed by atoms with Crippen LogP contribution in [0.1, 0.15) is 73.9 Å². The first-order valence-electron chi connectivity index (χ1n) is 10.9. The molecule has 0 fully saturated rings. The van der Waals surface area contributed by atoms with Crippen LogP contribution in [-0.4, -0.2) is 14.9 Å². The maximum absolute atomic E-state index is 11.0. The van der Waals surface area contributed by atoms with Crippen molar-refractivity contribution in [1.82, 2.24) is 9.78 Å². The quantitative estimate of drug-likeness (QED) is 0.563. The number of hydrogen-bond acceptors (Lipinski definition) is 2. The van der Waals surface area contributed by atoms with Crippen molar-refractivity contribution in [3.05, 3.63) is 77.0 Å². The lowest BCUT2D eigenvalue weighted by molar-refractivity contribution is 0.152. The normalized spacial score (nSPS) is 19.9. The minimum Gasteiger partial charge on any atom is -0.386 e. The predicted octanol–water partition coefficient (Wildman–Crippen LogP) is 6.23. The first-order valence-corrected chi connectivity index (χ1v) is 10.9. The molecule has 1 aromatic heterocycles. The van der Waals surface area contributed by atoms with E-state index in [9.17, 15) is 5.11 Å². The summed E-state index contributed by atoms with van der Waals surface area (Å²) in [7, 11) is 0. The first kappa shape index (κ1) is 19.9. The summed E-state index contributed by atoms with van der Waals surface area (Å²) in [6.45, 7) is 9.46. The summed E-state index contributed by atoms with van der Waals surface area (Å²) in [5, 5.41) is 16.1. The minimum atomic E-state index is -0.577. The number of fused-ring (bicyclic) bond motifs is 1. The Morgan fingerprint density at radius 1 is 1.03 bits per heavy atom. The Morgan fingerprint density at radius 3 is 2.38 bits per heavy atom. The van der Waals surface area contributed by atoms with Gasteiger partial charge in [0.25, 0.3) is 0 Å². The number of aromatic nitrogens is 2. The third-order valence-corrected chi connectivity index (χ3v) is 6.43. The summed E-state index contributed by atoms with van der Waals surface area (Å²) in [5.74, 6) is 1.54. The number of hydrogen-bond donors (Lipinski definition) is 1. The van der Waals surface area contributed by atoms with Gasteiger partial charge in [-0.05, 0) is 37.2 Å². The van der Waals surface area contributed by atoms with E-state index in [1.54, 1.807) is 0 Å². The lowest BCUT2D eigenvalue weighted by Crippen LogP contribution is -2.17. The van der Waals surface area contributed by atoms with E-state index >= 15 is 0 Å². The van der Waals surface area contributed by atoms with Crippen LogP contribution in [0.4, 0.5) is 0 Å². The van der Waals surface area contributed by atoms with Crippen LogP contribution in [0.25, 0.3) is 11.3 Å². The molecular formula is C26H32N2O. The molecule has 29 heavy (non-hydrogen) atoms. The summed E-state index contributed by atoms with van der Waals surface area (Å²) >= 11 is 0. The Labute approximate surface area is 174 Å². The van der Waals surface area contributed by atoms with E-state index in [2.05, 4.69) is 74.8 Å². The third kappa shape index (κ3) is 3.89. The van der Waals surface area contributed by atoms with E-state index in [1.807, 2.05) is 12.1 Å². The number of aliphatic hydroxyl groups excluding tert-OH is 1. The molecular weight excluding hydrogens is 356 g/mol. The largest absolute Gasteiger partial charge is 0.386 e. The van der Waals surface area contributed by atoms with E-state index in [0.29, 0.717) is 24.3 Å². The van der Waals surface area contributed by atoms with Crippen LogP contribution in [0.2, 0.25) is 0 Å². The van der Waals surface area contributed by atoms with Crippen molar-refractivity contribution in [3.8, 4) is 11.3 Å². The van der Waals surface area contributed by atoms with Crippen LogP contribution in [-0.2, 0) is 6.54 Å². The Morgan fingerprint density at radius 2 is 1.72 bits per heavy atom. The van der Waals surface area contributed by atoms with Crippen molar-refractivity contribution in [3.63, 3.8) is 0 Å². The minimum absolute atomic E-state index is 0.470. The fraction of sp³-hybridized carbons (Fsp3) is 0.423. The molecule has 4 rings (SSSR count). The van der Waals surface area contributed by atoms with Crippen molar-refractivity contribution < 1.29 is 5.11 Å². The molecule has 3 heteroatoms. The summed E-state index contributed by atoms with van der Waals surface area (Å²) in [6.07, 6.45) is 1.81. The summed E-state index contributed by atoms with van der Waals surface area (Å²) < 4.78 is 2.07. The fourth-order valence-corrected chi connectivity index (χ4v) is 4.70. The average Bonchev–Trinajstić information content (AvgIpc) is 3.08. The zero-order chi connectivity index (χ0) is 20.5. The molecule has 0 radical (unpaired) electrons. The highest BCUT2D eigenvalue weighted by Gasteiger charge is 2.34. The zero-order valence-corrected chi connectivity index (χ0v) is 18.0. The SMILES string of the molecule is Cc1ccc([C@H](O)Cn2nc3c(c2-c2ccccc2)[C@H](C)CC[C@H]3C(C)C)cc1. The molecule has 3 aromatic rings. The maximum Gasteiger partial charge on any atom is 0.0986 e. The van der Waals surface area contributed by atoms with Crippen LogP contribution in [0, 0.1) is 12.8 Å². The van der Waals surface area contributed by atoms with Gasteiger partial charge in [0.15, 0.2) is 0 Å². The van der Waals surface area contributed by atoms with Gasteiger partial charge in [0, 0.05) is 17.0 Å². The second-order valence-corrected chi connectivity index (χ2v) is 8.95. The van der Waals surface area contributed by atoms with Gasteiger partial charge in [-0.15, -0.1) is 0 Å². The molecule has 3 atom stereocenters. The smallest absolute Gasteiger partial charge is 0.0986 e. The highest BCUT2D eigenvalue weighted by molar-refractivity contribution is 5.66. The van der Waals surface area contributed by atoms with Crippen LogP contribution in [0.15, 0.2) is 54.6 Å². The Bertz CT molecular complexity index is 956. The lowest BCUT2D eigenvalue weighted by atomic mass is 9.75. The standard InChI is InChI=1S/C26H32N2O/c1-17(2)22-15-12-19(4)24-25(22)27-28(26(24)21-8-6-5-7-9-21)16-23(29)20-13-10-18(3)11-14-20/h5-11,13-14,17,19,22-23,29H,12,15-16H2,1-4H3/t19-,22+,23-/m1/s1. The second-order valence-electron chi connectivity index (χ2n) is 8.95. The molecule has 0 unspecified atom stereocenters. The molecule has 1 N–H and O–H groups in total. The topological polar surface area (TPSA) is 38.0 Å². The van der Waals surface area contributed by atoms with E-state index < -0.39 is 6.10 Å². The lowest BCUT2D eigenvalue weighted by Gasteiger charge is -2.29. The van der Waals surface area contributed by atoms with Gasteiger partial charge in [0.1, 0.15) is 0 Å². The molecule has 0 bridgehead atoms. The molecule has 1 heterocycles. The number of aryl methyl sites for hydroxylation is 1. The number of aliphatic hydroxyl groups is 1. The number of benzene rings is 2. The van der Waals surface area contributed by atoms with Crippen molar-refractivity contribution in [2.75, 3.05) is 0 Å². The molecule has 1 aliphatic rings. The molecule has 152 valence electrons. The number of rotatable bonds is 5. The second kappa shape index (κ2) is 8.16. The molecule has 2 aromatic carbocycles. The van der Waals surface area contributed by atoms with Gasteiger partial charge >= 0.3 is 0 Å². The molecule has 0 amide bonds. The van der Waals surface area contributed by atoms with E-state index in [0.717, 1.165) is 5.56 Å². The third-order valence-electron chi connectivity index (χ3n) is 6.43. The van der Waals surface area contributed by atoms with Gasteiger partial charge < -0.3 is 5.11 Å². The molecule has 0 spiro atoms. The van der Waals surface area contributed by atoms with Crippen molar-refractivity contribution in [1.29, 1.82) is 0 Å². The monoisotopic (exact) mass is 388 g/mol. The van der Waals surface area contributed by atoms with Crippen LogP contribution < -0.4 is 0 Å². The van der Waals surface area contributed by atoms with Crippen LogP contribution in [0.3, 0.4) is 0 Å². The molecule has 3 nitrogen and oxygen atoms in total. The molecule has 0 saturated heterocycles. The molecule has 0 saturated carbocycles. The highest BCUT2D eigenvalue weighted by Crippen LogP contribution is 2.46. The van der Waals surface area contributed by atoms with Crippen LogP contribution in [0.5, 0.6) is 0 Å². The van der Waals surface area contributed by atoms with Gasteiger partial charge in [0.2, 0.25) is 0 Å². The Kier molecular flexibility index (Phi) is 5.60. The average molecular weight is 389 g/mol. The first-order chi connectivity index (χ1) is 14.0. The summed E-state index contributed by atoms with van der Waals surface area (Å²) in [4.78, 5) is 0. The molecule has 1 aliphatic carbocycles. The number of nitrogens with zero attached hydrogens (tertiary/aromatic N) is 2. The Hall–Kier alpha value is -2.39. The summed E-state index contributed by atoms with van der Waals surface area (Å²) in [5.41, 5.74) is 7.15. The Balaban J connectivity index is 1.80. The zero-order valence-electron chi connectivity index (χ0n) is 18.0. The van der Waals surface area contributed by atoms with Gasteiger partial charge in [-0.3, -0.25) is 4.68 Å². The van der Waals surface area contributed by atoms with Crippen LogP contribution >= 0.6 is 0 Å². The summed E-state index contributed by atoms with van der Waals surface area (Å²) in [6, 6.07) is 18.7. The van der Waals surface area contributed by atoms with Crippen molar-refractivity contribution in [2.45, 2.75) is 65.0 Å². The predicted molar refractivity (Wildman–Crippen MR) is 119 cm³/mol.